The molecule has 14 heavy (non-hydrogen) atoms. The van der Waals surface area contributed by atoms with Gasteiger partial charge in [-0.2, -0.15) is 0 Å². The highest BCUT2D eigenvalue weighted by atomic mass is 32.1. The van der Waals surface area contributed by atoms with Crippen LogP contribution in [0.4, 0.5) is 0 Å². The number of hydrogen-bond acceptors (Lipinski definition) is 4. The fourth-order valence-corrected chi connectivity index (χ4v) is 2.63. The molecule has 0 aliphatic carbocycles. The maximum atomic E-state index is 5.88. The molecule has 78 valence electrons. The van der Waals surface area contributed by atoms with Crippen molar-refractivity contribution in [3.05, 3.63) is 16.6 Å². The van der Waals surface area contributed by atoms with Gasteiger partial charge in [-0.15, -0.1) is 11.3 Å². The van der Waals surface area contributed by atoms with Crippen LogP contribution in [0.25, 0.3) is 0 Å². The van der Waals surface area contributed by atoms with E-state index in [9.17, 15) is 0 Å². The summed E-state index contributed by atoms with van der Waals surface area (Å²) in [5.41, 5.74) is 5.88. The standard InChI is InChI=1S/C10H17N3S/c1-8(10-12-4-7-14-10)13-5-2-9(11)3-6-13/h4,7-9H,2-3,5-6,11H2,1H3/t8-/m0/s1. The number of rotatable bonds is 2. The maximum Gasteiger partial charge on any atom is 0.109 e. The van der Waals surface area contributed by atoms with Gasteiger partial charge in [-0.3, -0.25) is 4.90 Å². The molecule has 1 atom stereocenters. The zero-order valence-corrected chi connectivity index (χ0v) is 9.33. The molecule has 3 nitrogen and oxygen atoms in total. The van der Waals surface area contributed by atoms with Crippen LogP contribution < -0.4 is 5.73 Å². The van der Waals surface area contributed by atoms with Crippen LogP contribution >= 0.6 is 11.3 Å². The van der Waals surface area contributed by atoms with E-state index in [1.165, 1.54) is 5.01 Å². The highest BCUT2D eigenvalue weighted by Gasteiger charge is 2.22. The van der Waals surface area contributed by atoms with E-state index in [2.05, 4.69) is 16.8 Å². The van der Waals surface area contributed by atoms with Gasteiger partial charge in [0.05, 0.1) is 6.04 Å². The summed E-state index contributed by atoms with van der Waals surface area (Å²) in [6.45, 7) is 4.46. The van der Waals surface area contributed by atoms with Crippen molar-refractivity contribution < 1.29 is 0 Å². The molecule has 0 bridgehead atoms. The Balaban J connectivity index is 1.95. The van der Waals surface area contributed by atoms with Crippen LogP contribution in [0, 0.1) is 0 Å². The van der Waals surface area contributed by atoms with Gasteiger partial charge < -0.3 is 5.73 Å². The summed E-state index contributed by atoms with van der Waals surface area (Å²) in [5, 5.41) is 3.27. The molecule has 0 spiro atoms. The molecule has 0 aromatic carbocycles. The first kappa shape index (κ1) is 10.1. The lowest BCUT2D eigenvalue weighted by atomic mass is 10.0. The SMILES string of the molecule is C[C@@H](c1nccs1)N1CCC(N)CC1. The van der Waals surface area contributed by atoms with E-state index in [4.69, 9.17) is 5.73 Å². The minimum Gasteiger partial charge on any atom is -0.328 e. The minimum absolute atomic E-state index is 0.412. The quantitative estimate of drug-likeness (QED) is 0.808. The predicted molar refractivity (Wildman–Crippen MR) is 59.3 cm³/mol. The summed E-state index contributed by atoms with van der Waals surface area (Å²) in [5.74, 6) is 0. The van der Waals surface area contributed by atoms with Gasteiger partial charge in [0, 0.05) is 30.7 Å². The van der Waals surface area contributed by atoms with Gasteiger partial charge in [-0.05, 0) is 19.8 Å². The largest absolute Gasteiger partial charge is 0.328 e. The molecule has 1 fully saturated rings. The Labute approximate surface area is 88.9 Å². The molecular weight excluding hydrogens is 194 g/mol. The predicted octanol–water partition coefficient (Wildman–Crippen LogP) is 1.63. The van der Waals surface area contributed by atoms with E-state index < -0.39 is 0 Å². The third-order valence-electron chi connectivity index (χ3n) is 2.93. The van der Waals surface area contributed by atoms with Crippen LogP contribution in [-0.2, 0) is 0 Å². The zero-order valence-electron chi connectivity index (χ0n) is 8.52. The first-order valence-electron chi connectivity index (χ1n) is 5.16. The lowest BCUT2D eigenvalue weighted by molar-refractivity contribution is 0.163. The molecule has 1 saturated heterocycles. The molecule has 0 unspecified atom stereocenters. The molecule has 1 aromatic heterocycles. The molecule has 0 amide bonds. The Bertz CT molecular complexity index is 265. The maximum absolute atomic E-state index is 5.88. The Morgan fingerprint density at radius 3 is 2.86 bits per heavy atom. The van der Waals surface area contributed by atoms with E-state index in [1.807, 2.05) is 11.6 Å². The fraction of sp³-hybridized carbons (Fsp3) is 0.700. The van der Waals surface area contributed by atoms with E-state index in [-0.39, 0.29) is 0 Å². The number of likely N-dealkylation sites (tertiary alicyclic amines) is 1. The van der Waals surface area contributed by atoms with Gasteiger partial charge in [0.2, 0.25) is 0 Å². The highest BCUT2D eigenvalue weighted by Crippen LogP contribution is 2.24. The molecule has 2 rings (SSSR count). The summed E-state index contributed by atoms with van der Waals surface area (Å²) in [6.07, 6.45) is 4.12. The molecule has 2 heterocycles. The lowest BCUT2D eigenvalue weighted by Gasteiger charge is -2.33. The zero-order chi connectivity index (χ0) is 9.97. The van der Waals surface area contributed by atoms with Crippen molar-refractivity contribution in [3.63, 3.8) is 0 Å². The van der Waals surface area contributed by atoms with Gasteiger partial charge in [-0.1, -0.05) is 0 Å². The highest BCUT2D eigenvalue weighted by molar-refractivity contribution is 7.09. The fourth-order valence-electron chi connectivity index (χ4n) is 1.90. The average molecular weight is 211 g/mol. The van der Waals surface area contributed by atoms with E-state index in [0.29, 0.717) is 12.1 Å². The third kappa shape index (κ3) is 2.13. The molecule has 2 N–H and O–H groups in total. The number of aromatic nitrogens is 1. The minimum atomic E-state index is 0.412. The van der Waals surface area contributed by atoms with Gasteiger partial charge in [0.15, 0.2) is 0 Å². The number of thiazole rings is 1. The second-order valence-corrected chi connectivity index (χ2v) is 4.85. The molecule has 1 aliphatic heterocycles. The van der Waals surface area contributed by atoms with Crippen molar-refractivity contribution in [3.8, 4) is 0 Å². The number of hydrogen-bond donors (Lipinski definition) is 1. The topological polar surface area (TPSA) is 42.2 Å². The summed E-state index contributed by atoms with van der Waals surface area (Å²) in [6, 6.07) is 0.872. The van der Waals surface area contributed by atoms with Crippen molar-refractivity contribution in [1.29, 1.82) is 0 Å². The summed E-state index contributed by atoms with van der Waals surface area (Å²) < 4.78 is 0. The Hall–Kier alpha value is -0.450. The smallest absolute Gasteiger partial charge is 0.109 e. The van der Waals surface area contributed by atoms with E-state index in [1.54, 1.807) is 11.3 Å². The van der Waals surface area contributed by atoms with Crippen LogP contribution in [0.5, 0.6) is 0 Å². The second-order valence-electron chi connectivity index (χ2n) is 3.92. The average Bonchev–Trinajstić information content (AvgIpc) is 2.71. The molecule has 1 aliphatic rings. The van der Waals surface area contributed by atoms with Crippen LogP contribution in [0.1, 0.15) is 30.8 Å². The van der Waals surface area contributed by atoms with Crippen molar-refractivity contribution in [1.82, 2.24) is 9.88 Å². The Morgan fingerprint density at radius 1 is 1.57 bits per heavy atom. The van der Waals surface area contributed by atoms with Crippen LogP contribution in [0.15, 0.2) is 11.6 Å². The van der Waals surface area contributed by atoms with Crippen LogP contribution in [-0.4, -0.2) is 29.0 Å². The van der Waals surface area contributed by atoms with Gasteiger partial charge in [0.25, 0.3) is 0 Å². The molecule has 4 heteroatoms. The summed E-state index contributed by atoms with van der Waals surface area (Å²) >= 11 is 1.74. The van der Waals surface area contributed by atoms with Crippen molar-refractivity contribution in [2.24, 2.45) is 5.73 Å². The summed E-state index contributed by atoms with van der Waals surface area (Å²) in [4.78, 5) is 6.83. The van der Waals surface area contributed by atoms with Gasteiger partial charge in [0.1, 0.15) is 5.01 Å². The second kappa shape index (κ2) is 4.38. The monoisotopic (exact) mass is 211 g/mol. The first-order chi connectivity index (χ1) is 6.77. The number of nitrogens with zero attached hydrogens (tertiary/aromatic N) is 2. The molecule has 0 saturated carbocycles. The third-order valence-corrected chi connectivity index (χ3v) is 3.88. The van der Waals surface area contributed by atoms with Crippen molar-refractivity contribution in [2.45, 2.75) is 31.8 Å². The Morgan fingerprint density at radius 2 is 2.29 bits per heavy atom. The Kier molecular flexibility index (Phi) is 3.15. The van der Waals surface area contributed by atoms with Gasteiger partial charge in [-0.25, -0.2) is 4.98 Å². The van der Waals surface area contributed by atoms with E-state index >= 15 is 0 Å². The molecular formula is C10H17N3S. The summed E-state index contributed by atoms with van der Waals surface area (Å²) in [7, 11) is 0. The van der Waals surface area contributed by atoms with Crippen molar-refractivity contribution in [2.75, 3.05) is 13.1 Å². The number of piperidine rings is 1. The normalized spacial score (nSPS) is 22.4. The van der Waals surface area contributed by atoms with Crippen LogP contribution in [0.2, 0.25) is 0 Å². The number of nitrogens with two attached hydrogens (primary N) is 1. The first-order valence-corrected chi connectivity index (χ1v) is 6.04. The van der Waals surface area contributed by atoms with Crippen LogP contribution in [0.3, 0.4) is 0 Å². The lowest BCUT2D eigenvalue weighted by Crippen LogP contribution is -2.40. The molecule has 1 aromatic rings. The molecule has 0 radical (unpaired) electrons. The van der Waals surface area contributed by atoms with E-state index in [0.717, 1.165) is 25.9 Å². The van der Waals surface area contributed by atoms with Crippen molar-refractivity contribution >= 4 is 11.3 Å². The van der Waals surface area contributed by atoms with Gasteiger partial charge >= 0.3 is 0 Å².